The highest BCUT2D eigenvalue weighted by Gasteiger charge is 2.45. The maximum Gasteiger partial charge on any atom is 0.294 e. The first-order chi connectivity index (χ1) is 23.0. The lowest BCUT2D eigenvalue weighted by molar-refractivity contribution is -0.132. The van der Waals surface area contributed by atoms with Crippen LogP contribution in [0.5, 0.6) is 0 Å². The number of amides is 2. The van der Waals surface area contributed by atoms with E-state index >= 15 is 0 Å². The molecule has 0 radical (unpaired) electrons. The first-order valence-corrected chi connectivity index (χ1v) is 18.6. The fraction of sp³-hybridized carbons (Fsp3) is 0.471. The first-order valence-electron chi connectivity index (χ1n) is 16.3. The summed E-state index contributed by atoms with van der Waals surface area (Å²) in [7, 11) is -1.87. The number of nitrogens with zero attached hydrogens (tertiary/aromatic N) is 3. The Labute approximate surface area is 285 Å². The molecule has 14 heteroatoms. The van der Waals surface area contributed by atoms with Crippen molar-refractivity contribution in [3.05, 3.63) is 65.5 Å². The molecule has 258 valence electrons. The number of nitrogens with one attached hydrogen (secondary N) is 2. The third-order valence-electron chi connectivity index (χ3n) is 9.09. The zero-order valence-electron chi connectivity index (χ0n) is 27.3. The number of rotatable bonds is 8. The summed E-state index contributed by atoms with van der Waals surface area (Å²) in [6.45, 7) is 5.95. The van der Waals surface area contributed by atoms with Crippen molar-refractivity contribution in [1.82, 2.24) is 20.5 Å². The molecule has 0 spiro atoms. The molecule has 2 saturated heterocycles. The Morgan fingerprint density at radius 2 is 1.69 bits per heavy atom. The molecule has 2 aliphatic heterocycles. The van der Waals surface area contributed by atoms with Gasteiger partial charge in [0, 0.05) is 42.7 Å². The van der Waals surface area contributed by atoms with Crippen LogP contribution in [0.4, 0.5) is 5.13 Å². The van der Waals surface area contributed by atoms with Gasteiger partial charge < -0.3 is 25.2 Å². The third kappa shape index (κ3) is 8.66. The Bertz CT molecular complexity index is 1670. The molecule has 3 N–H and O–H groups in total. The minimum Gasteiger partial charge on any atom is -0.368 e. The maximum atomic E-state index is 13.5. The highest BCUT2D eigenvalue weighted by Crippen LogP contribution is 2.31. The minimum atomic E-state index is -4.00. The smallest absolute Gasteiger partial charge is 0.294 e. The molecule has 1 aromatic heterocycles. The monoisotopic (exact) mass is 697 g/mol. The number of hydrogen-bond acceptors (Lipinski definition) is 10. The summed E-state index contributed by atoms with van der Waals surface area (Å²) in [5.41, 5.74) is 1.32. The first kappa shape index (κ1) is 35.6. The number of thiazole rings is 1. The summed E-state index contributed by atoms with van der Waals surface area (Å²) in [6.07, 6.45) is 4.13. The van der Waals surface area contributed by atoms with Crippen molar-refractivity contribution in [1.29, 1.82) is 0 Å². The molecule has 2 amide bonds. The zero-order valence-corrected chi connectivity index (χ0v) is 28.9. The summed E-state index contributed by atoms with van der Waals surface area (Å²) in [6, 6.07) is 14.2. The van der Waals surface area contributed by atoms with Crippen molar-refractivity contribution in [3.8, 4) is 11.3 Å². The summed E-state index contributed by atoms with van der Waals surface area (Å²) in [5.74, 6) is -0.690. The molecule has 3 fully saturated rings. The van der Waals surface area contributed by atoms with Gasteiger partial charge in [-0.15, -0.1) is 11.3 Å². The van der Waals surface area contributed by atoms with E-state index in [0.717, 1.165) is 61.8 Å². The number of carbonyl (C=O) groups excluding carboxylic acids is 3. The Morgan fingerprint density at radius 3 is 2.29 bits per heavy atom. The highest BCUT2D eigenvalue weighted by molar-refractivity contribution is 7.85. The fourth-order valence-electron chi connectivity index (χ4n) is 6.17. The molecular formula is C34H43N5O7S2. The number of piperazine rings is 1. The van der Waals surface area contributed by atoms with Gasteiger partial charge in [0.2, 0.25) is 5.91 Å². The molecule has 2 aromatic carbocycles. The number of hydrogen-bond donors (Lipinski definition) is 3. The Kier molecular flexibility index (Phi) is 11.6. The molecule has 48 heavy (non-hydrogen) atoms. The molecule has 1 aliphatic carbocycles. The quantitative estimate of drug-likeness (QED) is 0.296. The van der Waals surface area contributed by atoms with Crippen LogP contribution in [0.25, 0.3) is 11.3 Å². The van der Waals surface area contributed by atoms with E-state index < -0.39 is 21.7 Å². The van der Waals surface area contributed by atoms with Crippen LogP contribution in [0.3, 0.4) is 0 Å². The van der Waals surface area contributed by atoms with E-state index in [4.69, 9.17) is 14.3 Å². The minimum absolute atomic E-state index is 0.0189. The maximum absolute atomic E-state index is 13.5. The van der Waals surface area contributed by atoms with Crippen molar-refractivity contribution < 1.29 is 32.1 Å². The van der Waals surface area contributed by atoms with Gasteiger partial charge in [-0.1, -0.05) is 56.5 Å². The third-order valence-corrected chi connectivity index (χ3v) is 10.9. The van der Waals surface area contributed by atoms with Gasteiger partial charge >= 0.3 is 0 Å². The van der Waals surface area contributed by atoms with Gasteiger partial charge in [0.15, 0.2) is 10.9 Å². The number of carbonyl (C=O) groups is 3. The van der Waals surface area contributed by atoms with E-state index in [1.54, 1.807) is 41.7 Å². The van der Waals surface area contributed by atoms with Crippen LogP contribution < -0.4 is 15.5 Å². The van der Waals surface area contributed by atoms with Gasteiger partial charge in [0.1, 0.15) is 18.2 Å². The largest absolute Gasteiger partial charge is 0.368 e. The number of likely N-dealkylation sites (N-methyl/N-ethyl adjacent to an activating group) is 1. The summed E-state index contributed by atoms with van der Waals surface area (Å²) in [4.78, 5) is 48.5. The summed E-state index contributed by atoms with van der Waals surface area (Å²) >= 11 is 1.64. The molecular weight excluding hydrogens is 655 g/mol. The summed E-state index contributed by atoms with van der Waals surface area (Å²) in [5, 5.41) is 9.05. The van der Waals surface area contributed by atoms with E-state index in [9.17, 15) is 22.8 Å². The van der Waals surface area contributed by atoms with Crippen molar-refractivity contribution in [2.75, 3.05) is 44.7 Å². The number of aromatic nitrogens is 1. The van der Waals surface area contributed by atoms with E-state index in [1.807, 2.05) is 19.1 Å². The lowest BCUT2D eigenvalue weighted by Crippen LogP contribution is -2.62. The van der Waals surface area contributed by atoms with Gasteiger partial charge in [0.05, 0.1) is 16.7 Å². The van der Waals surface area contributed by atoms with Crippen molar-refractivity contribution in [2.24, 2.45) is 0 Å². The molecule has 6 rings (SSSR count). The fourth-order valence-corrected chi connectivity index (χ4v) is 7.56. The van der Waals surface area contributed by atoms with Gasteiger partial charge in [-0.25, -0.2) is 4.98 Å². The van der Waals surface area contributed by atoms with Crippen LogP contribution in [-0.2, 0) is 24.4 Å². The predicted octanol–water partition coefficient (Wildman–Crippen LogP) is 3.79. The number of Topliss-reactive ketones (excluding diaryl/α,β-unsaturated/α-hetero) is 1. The number of ether oxygens (including phenoxy) is 1. The topological polar surface area (TPSA) is 158 Å². The lowest BCUT2D eigenvalue weighted by Gasteiger charge is -2.37. The second kappa shape index (κ2) is 15.7. The van der Waals surface area contributed by atoms with Gasteiger partial charge in [-0.05, 0) is 50.6 Å². The molecule has 0 bridgehead atoms. The number of ketones is 1. The molecule has 3 heterocycles. The van der Waals surface area contributed by atoms with Crippen LogP contribution in [0.2, 0.25) is 0 Å². The van der Waals surface area contributed by atoms with Crippen LogP contribution in [0.1, 0.15) is 55.8 Å². The van der Waals surface area contributed by atoms with Crippen LogP contribution >= 0.6 is 11.3 Å². The Morgan fingerprint density at radius 1 is 1.02 bits per heavy atom. The molecule has 12 nitrogen and oxygen atoms in total. The van der Waals surface area contributed by atoms with Crippen molar-refractivity contribution in [2.45, 2.75) is 68.0 Å². The predicted molar refractivity (Wildman–Crippen MR) is 184 cm³/mol. The van der Waals surface area contributed by atoms with Crippen molar-refractivity contribution >= 4 is 44.2 Å². The summed E-state index contributed by atoms with van der Waals surface area (Å²) < 4.78 is 34.8. The Balaban J connectivity index is 0.000000387. The van der Waals surface area contributed by atoms with E-state index in [0.29, 0.717) is 24.8 Å². The molecule has 3 aliphatic rings. The highest BCUT2D eigenvalue weighted by atomic mass is 32.2. The van der Waals surface area contributed by atoms with Crippen molar-refractivity contribution in [3.63, 3.8) is 0 Å². The average Bonchev–Trinajstić information content (AvgIpc) is 3.73. The second-order valence-electron chi connectivity index (χ2n) is 12.4. The van der Waals surface area contributed by atoms with Crippen LogP contribution in [-0.4, -0.2) is 98.0 Å². The van der Waals surface area contributed by atoms with Crippen LogP contribution in [0.15, 0.2) is 64.9 Å². The molecule has 0 unspecified atom stereocenters. The zero-order chi connectivity index (χ0) is 34.3. The normalized spacial score (nSPS) is 21.2. The van der Waals surface area contributed by atoms with Gasteiger partial charge in [-0.3, -0.25) is 18.9 Å². The van der Waals surface area contributed by atoms with Gasteiger partial charge in [-0.2, -0.15) is 8.42 Å². The lowest BCUT2D eigenvalue weighted by atomic mass is 9.80. The SMILES string of the molecule is CC[C@@H]1OCC(=O)[C@H]1NC(=O)C1(NC(=O)c2ccc(-c3csc(N4CCN(C)CC4)n3)cc2)CCCCC1.O=S(=O)(O)c1ccccc1. The van der Waals surface area contributed by atoms with Gasteiger partial charge in [0.25, 0.3) is 16.0 Å². The molecule has 2 atom stereocenters. The van der Waals surface area contributed by atoms with E-state index in [1.165, 1.54) is 12.1 Å². The van der Waals surface area contributed by atoms with E-state index in [2.05, 4.69) is 32.9 Å². The number of anilines is 1. The van der Waals surface area contributed by atoms with E-state index in [-0.39, 0.29) is 35.2 Å². The molecule has 1 saturated carbocycles. The standard InChI is InChI=1S/C28H37N5O4S.C6H6O3S/c1-3-23-24(22(34)17-37-23)30-26(36)28(11-5-4-6-12-28)31-25(35)20-9-7-19(8-10-20)21-18-38-27(29-21)33-15-13-32(2)14-16-33;7-10(8,9)6-4-2-1-3-5-6/h7-10,18,23-24H,3-6,11-17H2,1-2H3,(H,30,36)(H,31,35);1-5H,(H,7,8,9)/t23-,24+;/m0./s1. The second-order valence-corrected chi connectivity index (χ2v) is 14.7. The van der Waals surface area contributed by atoms with Crippen LogP contribution in [0, 0.1) is 0 Å². The molecule has 3 aromatic rings. The average molecular weight is 698 g/mol. The Hall–Kier alpha value is -3.69. The number of benzene rings is 2.